The first kappa shape index (κ1) is 19.7. The summed E-state index contributed by atoms with van der Waals surface area (Å²) >= 11 is 0. The van der Waals surface area contributed by atoms with E-state index >= 15 is 0 Å². The average Bonchev–Trinajstić information content (AvgIpc) is 3.33. The number of morpholine rings is 1. The molecule has 2 fully saturated rings. The van der Waals surface area contributed by atoms with Crippen LogP contribution in [0.2, 0.25) is 0 Å². The van der Waals surface area contributed by atoms with Crippen molar-refractivity contribution in [2.45, 2.75) is 19.4 Å². The third-order valence-corrected chi connectivity index (χ3v) is 5.70. The highest BCUT2D eigenvalue weighted by Crippen LogP contribution is 2.31. The van der Waals surface area contributed by atoms with Crippen LogP contribution in [0.4, 0.5) is 5.69 Å². The lowest BCUT2D eigenvalue weighted by atomic mass is 10.00. The van der Waals surface area contributed by atoms with E-state index in [1.54, 1.807) is 18.1 Å². The van der Waals surface area contributed by atoms with Gasteiger partial charge in [-0.1, -0.05) is 0 Å². The number of hydrogen-bond acceptors (Lipinski definition) is 6. The third-order valence-electron chi connectivity index (χ3n) is 5.70. The van der Waals surface area contributed by atoms with Crippen LogP contribution < -0.4 is 9.64 Å². The van der Waals surface area contributed by atoms with Gasteiger partial charge >= 0.3 is 0 Å². The minimum absolute atomic E-state index is 0.0152. The standard InChI is InChI=1S/C21H28N4O4/c1-14-9-17(23-22-14)10-16-12-25(13-19(16)26)21(27)15-3-4-20(28-2)18(11-15)24-5-7-29-8-6-24/h3-4,9,11,16,19,26H,5-8,10,12-13H2,1-2H3,(H,22,23)/t16-,19-/m1/s1. The Bertz CT molecular complexity index is 862. The van der Waals surface area contributed by atoms with Crippen molar-refractivity contribution in [3.63, 3.8) is 0 Å². The largest absolute Gasteiger partial charge is 0.495 e. The van der Waals surface area contributed by atoms with Gasteiger partial charge in [0.05, 0.1) is 37.8 Å². The Morgan fingerprint density at radius 2 is 2.10 bits per heavy atom. The minimum Gasteiger partial charge on any atom is -0.495 e. The number of aliphatic hydroxyl groups excluding tert-OH is 1. The molecule has 29 heavy (non-hydrogen) atoms. The van der Waals surface area contributed by atoms with Gasteiger partial charge in [0, 0.05) is 43.4 Å². The molecule has 0 spiro atoms. The number of rotatable bonds is 5. The van der Waals surface area contributed by atoms with E-state index in [0.717, 1.165) is 35.9 Å². The number of carbonyl (C=O) groups is 1. The maximum Gasteiger partial charge on any atom is 0.254 e. The summed E-state index contributed by atoms with van der Waals surface area (Å²) in [7, 11) is 1.64. The first-order valence-electron chi connectivity index (χ1n) is 10.0. The molecule has 2 N–H and O–H groups in total. The van der Waals surface area contributed by atoms with Gasteiger partial charge in [-0.25, -0.2) is 0 Å². The smallest absolute Gasteiger partial charge is 0.254 e. The number of nitrogens with one attached hydrogen (secondary N) is 1. The van der Waals surface area contributed by atoms with E-state index in [9.17, 15) is 9.90 Å². The fraction of sp³-hybridized carbons (Fsp3) is 0.524. The summed E-state index contributed by atoms with van der Waals surface area (Å²) in [4.78, 5) is 17.1. The van der Waals surface area contributed by atoms with Crippen molar-refractivity contribution >= 4 is 11.6 Å². The second-order valence-corrected chi connectivity index (χ2v) is 7.77. The number of aromatic amines is 1. The van der Waals surface area contributed by atoms with Gasteiger partial charge in [0.1, 0.15) is 5.75 Å². The monoisotopic (exact) mass is 400 g/mol. The molecule has 0 unspecified atom stereocenters. The van der Waals surface area contributed by atoms with Crippen LogP contribution in [0.3, 0.4) is 0 Å². The van der Waals surface area contributed by atoms with Crippen LogP contribution in [0.1, 0.15) is 21.7 Å². The molecule has 2 aromatic rings. The predicted octanol–water partition coefficient (Wildman–Crippen LogP) is 1.24. The van der Waals surface area contributed by atoms with Crippen LogP contribution in [-0.4, -0.2) is 78.7 Å². The SMILES string of the molecule is COc1ccc(C(=O)N2C[C@@H](Cc3cc(C)[nH]n3)[C@H](O)C2)cc1N1CCOCC1. The predicted molar refractivity (Wildman–Crippen MR) is 108 cm³/mol. The van der Waals surface area contributed by atoms with Gasteiger partial charge in [-0.15, -0.1) is 0 Å². The zero-order chi connectivity index (χ0) is 20.4. The Labute approximate surface area is 170 Å². The molecule has 0 aliphatic carbocycles. The fourth-order valence-electron chi connectivity index (χ4n) is 4.13. The number of likely N-dealkylation sites (tertiary alicyclic amines) is 1. The first-order chi connectivity index (χ1) is 14.0. The third kappa shape index (κ3) is 4.23. The molecule has 3 heterocycles. The molecule has 2 aliphatic rings. The highest BCUT2D eigenvalue weighted by molar-refractivity contribution is 5.96. The number of hydrogen-bond donors (Lipinski definition) is 2. The van der Waals surface area contributed by atoms with Crippen LogP contribution in [0.25, 0.3) is 0 Å². The average molecular weight is 400 g/mol. The van der Waals surface area contributed by atoms with Crippen LogP contribution in [0.5, 0.6) is 5.75 Å². The summed E-state index contributed by atoms with van der Waals surface area (Å²) in [5.74, 6) is 0.664. The van der Waals surface area contributed by atoms with Crippen molar-refractivity contribution in [3.8, 4) is 5.75 Å². The zero-order valence-electron chi connectivity index (χ0n) is 16.9. The summed E-state index contributed by atoms with van der Waals surface area (Å²) in [6, 6.07) is 7.51. The molecule has 156 valence electrons. The lowest BCUT2D eigenvalue weighted by Crippen LogP contribution is -2.36. The molecule has 4 rings (SSSR count). The Morgan fingerprint density at radius 3 is 2.79 bits per heavy atom. The summed E-state index contributed by atoms with van der Waals surface area (Å²) in [6.45, 7) is 5.66. The maximum absolute atomic E-state index is 13.1. The number of β-amino-alcohol motifs (C(OH)–C–C–N with tert-alkyl or cyclic N) is 1. The van der Waals surface area contributed by atoms with E-state index in [1.165, 1.54) is 0 Å². The number of H-pyrrole nitrogens is 1. The zero-order valence-corrected chi connectivity index (χ0v) is 16.9. The lowest BCUT2D eigenvalue weighted by molar-refractivity contribution is 0.0764. The molecule has 0 bridgehead atoms. The van der Waals surface area contributed by atoms with Gasteiger partial charge in [0.25, 0.3) is 5.91 Å². The van der Waals surface area contributed by atoms with Crippen molar-refractivity contribution in [3.05, 3.63) is 41.2 Å². The Morgan fingerprint density at radius 1 is 1.31 bits per heavy atom. The number of aliphatic hydroxyl groups is 1. The number of amides is 1. The normalized spacial score (nSPS) is 22.2. The van der Waals surface area contributed by atoms with E-state index in [1.807, 2.05) is 25.1 Å². The van der Waals surface area contributed by atoms with Crippen molar-refractivity contribution in [1.82, 2.24) is 15.1 Å². The number of anilines is 1. The molecule has 8 heteroatoms. The van der Waals surface area contributed by atoms with Gasteiger partial charge in [0.2, 0.25) is 0 Å². The van der Waals surface area contributed by atoms with Gasteiger partial charge < -0.3 is 24.4 Å². The molecule has 2 atom stereocenters. The summed E-state index contributed by atoms with van der Waals surface area (Å²) < 4.78 is 10.9. The van der Waals surface area contributed by atoms with E-state index in [4.69, 9.17) is 9.47 Å². The summed E-state index contributed by atoms with van der Waals surface area (Å²) in [6.07, 6.45) is 0.102. The highest BCUT2D eigenvalue weighted by atomic mass is 16.5. The van der Waals surface area contributed by atoms with Crippen molar-refractivity contribution in [2.75, 3.05) is 51.4 Å². The van der Waals surface area contributed by atoms with E-state index in [-0.39, 0.29) is 11.8 Å². The molecule has 2 aliphatic heterocycles. The van der Waals surface area contributed by atoms with Crippen molar-refractivity contribution in [2.24, 2.45) is 5.92 Å². The summed E-state index contributed by atoms with van der Waals surface area (Å²) in [5, 5.41) is 17.7. The van der Waals surface area contributed by atoms with E-state index < -0.39 is 6.10 Å². The molecule has 1 amide bonds. The molecule has 8 nitrogen and oxygen atoms in total. The Hall–Kier alpha value is -2.58. The van der Waals surface area contributed by atoms with Gasteiger partial charge in [-0.05, 0) is 37.6 Å². The van der Waals surface area contributed by atoms with E-state index in [2.05, 4.69) is 15.1 Å². The highest BCUT2D eigenvalue weighted by Gasteiger charge is 2.35. The summed E-state index contributed by atoms with van der Waals surface area (Å²) in [5.41, 5.74) is 3.43. The quantitative estimate of drug-likeness (QED) is 0.785. The maximum atomic E-state index is 13.1. The lowest BCUT2D eigenvalue weighted by Gasteiger charge is -2.30. The molecule has 1 aromatic heterocycles. The number of carbonyl (C=O) groups excluding carboxylic acids is 1. The topological polar surface area (TPSA) is 90.9 Å². The number of ether oxygens (including phenoxy) is 2. The van der Waals surface area contributed by atoms with Crippen LogP contribution in [0.15, 0.2) is 24.3 Å². The number of nitrogens with zero attached hydrogens (tertiary/aromatic N) is 3. The van der Waals surface area contributed by atoms with E-state index in [0.29, 0.717) is 38.3 Å². The molecule has 2 saturated heterocycles. The van der Waals surface area contributed by atoms with Crippen molar-refractivity contribution in [1.29, 1.82) is 0 Å². The van der Waals surface area contributed by atoms with Crippen LogP contribution >= 0.6 is 0 Å². The fourth-order valence-corrected chi connectivity index (χ4v) is 4.13. The molecule has 0 saturated carbocycles. The van der Waals surface area contributed by atoms with Crippen LogP contribution in [-0.2, 0) is 11.2 Å². The Kier molecular flexibility index (Phi) is 5.73. The number of methoxy groups -OCH3 is 1. The number of aromatic nitrogens is 2. The molecular formula is C21H28N4O4. The van der Waals surface area contributed by atoms with Gasteiger partial charge in [-0.3, -0.25) is 9.89 Å². The van der Waals surface area contributed by atoms with Gasteiger partial charge in [0.15, 0.2) is 0 Å². The van der Waals surface area contributed by atoms with Crippen LogP contribution in [0, 0.1) is 12.8 Å². The minimum atomic E-state index is -0.548. The Balaban J connectivity index is 1.49. The van der Waals surface area contributed by atoms with Gasteiger partial charge in [-0.2, -0.15) is 5.10 Å². The second kappa shape index (κ2) is 8.42. The van der Waals surface area contributed by atoms with Crippen molar-refractivity contribution < 1.29 is 19.4 Å². The number of benzene rings is 1. The molecular weight excluding hydrogens is 372 g/mol. The number of aryl methyl sites for hydroxylation is 1. The molecule has 0 radical (unpaired) electrons. The molecule has 1 aromatic carbocycles. The second-order valence-electron chi connectivity index (χ2n) is 7.77. The first-order valence-corrected chi connectivity index (χ1v) is 10.0.